The van der Waals surface area contributed by atoms with Crippen molar-refractivity contribution in [3.63, 3.8) is 0 Å². The SMILES string of the molecule is Cc1ccccc1CCC(=O)NC[C@@H]1CCCN1c1nccs1. The first-order chi connectivity index (χ1) is 11.2. The van der Waals surface area contributed by atoms with E-state index >= 15 is 0 Å². The molecule has 23 heavy (non-hydrogen) atoms. The van der Waals surface area contributed by atoms with E-state index in [2.05, 4.69) is 34.3 Å². The molecule has 1 fully saturated rings. The first-order valence-corrected chi connectivity index (χ1v) is 9.09. The van der Waals surface area contributed by atoms with E-state index in [0.717, 1.165) is 24.5 Å². The van der Waals surface area contributed by atoms with E-state index in [-0.39, 0.29) is 5.91 Å². The molecular formula is C18H23N3OS. The van der Waals surface area contributed by atoms with E-state index in [0.29, 0.717) is 19.0 Å². The quantitative estimate of drug-likeness (QED) is 0.885. The van der Waals surface area contributed by atoms with Crippen molar-refractivity contribution >= 4 is 22.4 Å². The standard InChI is InChI=1S/C18H23N3OS/c1-14-5-2-3-6-15(14)8-9-17(22)20-13-16-7-4-11-21(16)18-19-10-12-23-18/h2-3,5-6,10,12,16H,4,7-9,11,13H2,1H3,(H,20,22)/t16-/m0/s1. The summed E-state index contributed by atoms with van der Waals surface area (Å²) in [4.78, 5) is 18.9. The van der Waals surface area contributed by atoms with Crippen molar-refractivity contribution in [3.05, 3.63) is 47.0 Å². The highest BCUT2D eigenvalue weighted by Crippen LogP contribution is 2.26. The molecule has 3 rings (SSSR count). The minimum absolute atomic E-state index is 0.138. The highest BCUT2D eigenvalue weighted by molar-refractivity contribution is 7.13. The molecule has 0 spiro atoms. The van der Waals surface area contributed by atoms with Gasteiger partial charge in [-0.1, -0.05) is 24.3 Å². The zero-order chi connectivity index (χ0) is 16.1. The van der Waals surface area contributed by atoms with Crippen LogP contribution >= 0.6 is 11.3 Å². The van der Waals surface area contributed by atoms with Crippen LogP contribution in [0.5, 0.6) is 0 Å². The van der Waals surface area contributed by atoms with Crippen LogP contribution in [-0.4, -0.2) is 30.0 Å². The van der Waals surface area contributed by atoms with Crippen molar-refractivity contribution < 1.29 is 4.79 Å². The van der Waals surface area contributed by atoms with Crippen molar-refractivity contribution in [1.82, 2.24) is 10.3 Å². The van der Waals surface area contributed by atoms with Gasteiger partial charge < -0.3 is 10.2 Å². The second-order valence-electron chi connectivity index (χ2n) is 6.03. The van der Waals surface area contributed by atoms with Gasteiger partial charge in [0.1, 0.15) is 0 Å². The molecule has 1 aromatic heterocycles. The van der Waals surface area contributed by atoms with Gasteiger partial charge in [-0.05, 0) is 37.3 Å². The maximum atomic E-state index is 12.1. The van der Waals surface area contributed by atoms with Crippen LogP contribution in [0, 0.1) is 6.92 Å². The van der Waals surface area contributed by atoms with Crippen molar-refractivity contribution in [2.75, 3.05) is 18.0 Å². The molecule has 1 aliphatic heterocycles. The summed E-state index contributed by atoms with van der Waals surface area (Å²) in [7, 11) is 0. The number of amides is 1. The van der Waals surface area contributed by atoms with Gasteiger partial charge >= 0.3 is 0 Å². The fraction of sp³-hybridized carbons (Fsp3) is 0.444. The largest absolute Gasteiger partial charge is 0.354 e. The molecule has 2 aromatic rings. The smallest absolute Gasteiger partial charge is 0.220 e. The molecule has 2 heterocycles. The zero-order valence-electron chi connectivity index (χ0n) is 13.5. The summed E-state index contributed by atoms with van der Waals surface area (Å²) in [5.74, 6) is 0.138. The summed E-state index contributed by atoms with van der Waals surface area (Å²) in [6, 6.07) is 8.64. The average molecular weight is 329 g/mol. The highest BCUT2D eigenvalue weighted by atomic mass is 32.1. The lowest BCUT2D eigenvalue weighted by atomic mass is 10.0. The molecule has 122 valence electrons. The number of benzene rings is 1. The van der Waals surface area contributed by atoms with E-state index in [1.165, 1.54) is 17.5 Å². The zero-order valence-corrected chi connectivity index (χ0v) is 14.3. The third kappa shape index (κ3) is 4.10. The molecule has 5 heteroatoms. The molecule has 0 aliphatic carbocycles. The average Bonchev–Trinajstić information content (AvgIpc) is 3.22. The second-order valence-corrected chi connectivity index (χ2v) is 6.91. The van der Waals surface area contributed by atoms with Gasteiger partial charge in [0.05, 0.1) is 0 Å². The molecule has 1 aromatic carbocycles. The molecular weight excluding hydrogens is 306 g/mol. The van der Waals surface area contributed by atoms with Gasteiger partial charge in [-0.25, -0.2) is 4.98 Å². The Hall–Kier alpha value is -1.88. The number of thiazole rings is 1. The van der Waals surface area contributed by atoms with E-state index in [9.17, 15) is 4.79 Å². The van der Waals surface area contributed by atoms with Gasteiger partial charge in [0.15, 0.2) is 5.13 Å². The first kappa shape index (κ1) is 16.0. The Morgan fingerprint density at radius 1 is 1.43 bits per heavy atom. The molecule has 1 atom stereocenters. The lowest BCUT2D eigenvalue weighted by Crippen LogP contribution is -2.40. The Balaban J connectivity index is 1.46. The number of rotatable bonds is 6. The van der Waals surface area contributed by atoms with Crippen LogP contribution in [0.3, 0.4) is 0 Å². The van der Waals surface area contributed by atoms with Crippen molar-refractivity contribution in [3.8, 4) is 0 Å². The number of hydrogen-bond acceptors (Lipinski definition) is 4. The number of carbonyl (C=O) groups is 1. The molecule has 1 amide bonds. The molecule has 1 saturated heterocycles. The van der Waals surface area contributed by atoms with Crippen LogP contribution in [0.4, 0.5) is 5.13 Å². The Morgan fingerprint density at radius 3 is 3.09 bits per heavy atom. The molecule has 0 radical (unpaired) electrons. The lowest BCUT2D eigenvalue weighted by Gasteiger charge is -2.24. The van der Waals surface area contributed by atoms with Gasteiger partial charge in [0, 0.05) is 37.1 Å². The fourth-order valence-electron chi connectivity index (χ4n) is 3.12. The van der Waals surface area contributed by atoms with E-state index in [1.54, 1.807) is 11.3 Å². The van der Waals surface area contributed by atoms with Crippen LogP contribution in [-0.2, 0) is 11.2 Å². The summed E-state index contributed by atoms with van der Waals surface area (Å²) in [5, 5.41) is 6.18. The lowest BCUT2D eigenvalue weighted by molar-refractivity contribution is -0.121. The normalized spacial score (nSPS) is 17.4. The second kappa shape index (κ2) is 7.59. The molecule has 1 aliphatic rings. The Kier molecular flexibility index (Phi) is 5.28. The minimum atomic E-state index is 0.138. The summed E-state index contributed by atoms with van der Waals surface area (Å²) in [6.07, 6.45) is 5.49. The Labute approximate surface area is 141 Å². The monoisotopic (exact) mass is 329 g/mol. The van der Waals surface area contributed by atoms with Crippen LogP contribution in [0.25, 0.3) is 0 Å². The number of anilines is 1. The summed E-state index contributed by atoms with van der Waals surface area (Å²) in [5.41, 5.74) is 2.51. The van der Waals surface area contributed by atoms with Crippen LogP contribution in [0.15, 0.2) is 35.8 Å². The maximum absolute atomic E-state index is 12.1. The van der Waals surface area contributed by atoms with E-state index in [4.69, 9.17) is 0 Å². The number of nitrogens with zero attached hydrogens (tertiary/aromatic N) is 2. The number of carbonyl (C=O) groups excluding carboxylic acids is 1. The third-order valence-corrected chi connectivity index (χ3v) is 5.27. The molecule has 0 saturated carbocycles. The Morgan fingerprint density at radius 2 is 2.30 bits per heavy atom. The van der Waals surface area contributed by atoms with E-state index in [1.807, 2.05) is 23.7 Å². The van der Waals surface area contributed by atoms with Gasteiger partial charge in [0.2, 0.25) is 5.91 Å². The van der Waals surface area contributed by atoms with Crippen molar-refractivity contribution in [2.45, 2.75) is 38.6 Å². The van der Waals surface area contributed by atoms with Gasteiger partial charge in [-0.15, -0.1) is 11.3 Å². The molecule has 0 unspecified atom stereocenters. The number of aryl methyl sites for hydroxylation is 2. The first-order valence-electron chi connectivity index (χ1n) is 8.21. The van der Waals surface area contributed by atoms with E-state index < -0.39 is 0 Å². The molecule has 4 nitrogen and oxygen atoms in total. The van der Waals surface area contributed by atoms with Gasteiger partial charge in [0.25, 0.3) is 0 Å². The van der Waals surface area contributed by atoms with Gasteiger partial charge in [-0.2, -0.15) is 0 Å². The van der Waals surface area contributed by atoms with Crippen LogP contribution in [0.1, 0.15) is 30.4 Å². The highest BCUT2D eigenvalue weighted by Gasteiger charge is 2.26. The van der Waals surface area contributed by atoms with Crippen molar-refractivity contribution in [2.24, 2.45) is 0 Å². The molecule has 0 bridgehead atoms. The minimum Gasteiger partial charge on any atom is -0.354 e. The summed E-state index contributed by atoms with van der Waals surface area (Å²) < 4.78 is 0. The number of aromatic nitrogens is 1. The predicted molar refractivity (Wildman–Crippen MR) is 95.0 cm³/mol. The third-order valence-electron chi connectivity index (χ3n) is 4.46. The number of nitrogens with one attached hydrogen (secondary N) is 1. The number of hydrogen-bond donors (Lipinski definition) is 1. The summed E-state index contributed by atoms with van der Waals surface area (Å²) in [6.45, 7) is 3.85. The molecule has 1 N–H and O–H groups in total. The fourth-order valence-corrected chi connectivity index (χ4v) is 3.86. The van der Waals surface area contributed by atoms with Gasteiger partial charge in [-0.3, -0.25) is 4.79 Å². The predicted octanol–water partition coefficient (Wildman–Crippen LogP) is 3.17. The topological polar surface area (TPSA) is 45.2 Å². The van der Waals surface area contributed by atoms with Crippen LogP contribution < -0.4 is 10.2 Å². The van der Waals surface area contributed by atoms with Crippen LogP contribution in [0.2, 0.25) is 0 Å². The maximum Gasteiger partial charge on any atom is 0.220 e. The summed E-state index contributed by atoms with van der Waals surface area (Å²) >= 11 is 1.67. The van der Waals surface area contributed by atoms with Crippen molar-refractivity contribution in [1.29, 1.82) is 0 Å². The Bertz CT molecular complexity index is 641.